The van der Waals surface area contributed by atoms with Gasteiger partial charge in [-0.2, -0.15) is 0 Å². The molecule has 1 N–H and O–H groups in total. The Hall–Kier alpha value is -1.64. The minimum absolute atomic E-state index is 0.239. The number of benzene rings is 1. The van der Waals surface area contributed by atoms with Crippen LogP contribution >= 0.6 is 0 Å². The fourth-order valence-electron chi connectivity index (χ4n) is 2.18. The van der Waals surface area contributed by atoms with Gasteiger partial charge in [-0.3, -0.25) is 9.59 Å². The minimum atomic E-state index is -0.989. The maximum absolute atomic E-state index is 11.1. The van der Waals surface area contributed by atoms with Gasteiger partial charge in [0.2, 0.25) is 0 Å². The summed E-state index contributed by atoms with van der Waals surface area (Å²) in [5.74, 6) is -2.04. The Balaban J connectivity index is 2.11. The molecule has 0 aromatic heterocycles. The van der Waals surface area contributed by atoms with E-state index in [-0.39, 0.29) is 5.78 Å². The molecule has 0 radical (unpaired) electrons. The normalized spacial score (nSPS) is 12.1. The number of aliphatic carboxylic acids is 1. The topological polar surface area (TPSA) is 54.4 Å². The SMILES string of the molecule is CC(=O)C(CCCCCCc1ccccc1)C(=O)O. The molecule has 1 unspecified atom stereocenters. The summed E-state index contributed by atoms with van der Waals surface area (Å²) in [7, 11) is 0. The van der Waals surface area contributed by atoms with Crippen LogP contribution in [0.1, 0.15) is 44.6 Å². The Morgan fingerprint density at radius 1 is 1.05 bits per heavy atom. The highest BCUT2D eigenvalue weighted by Gasteiger charge is 2.21. The summed E-state index contributed by atoms with van der Waals surface area (Å²) in [6.45, 7) is 1.36. The Morgan fingerprint density at radius 3 is 2.26 bits per heavy atom. The second kappa shape index (κ2) is 8.46. The molecule has 0 amide bonds. The molecule has 0 spiro atoms. The lowest BCUT2D eigenvalue weighted by molar-refractivity contribution is -0.146. The van der Waals surface area contributed by atoms with E-state index in [1.807, 2.05) is 18.2 Å². The van der Waals surface area contributed by atoms with Crippen LogP contribution in [0.4, 0.5) is 0 Å². The summed E-state index contributed by atoms with van der Waals surface area (Å²) in [5, 5.41) is 8.87. The van der Waals surface area contributed by atoms with E-state index in [9.17, 15) is 9.59 Å². The van der Waals surface area contributed by atoms with Crippen molar-refractivity contribution in [1.82, 2.24) is 0 Å². The van der Waals surface area contributed by atoms with Crippen molar-refractivity contribution in [2.24, 2.45) is 5.92 Å². The van der Waals surface area contributed by atoms with E-state index < -0.39 is 11.9 Å². The van der Waals surface area contributed by atoms with Crippen LogP contribution in [0.2, 0.25) is 0 Å². The quantitative estimate of drug-likeness (QED) is 0.547. The largest absolute Gasteiger partial charge is 0.481 e. The molecule has 1 atom stereocenters. The van der Waals surface area contributed by atoms with Gasteiger partial charge in [0.25, 0.3) is 0 Å². The third-order valence-corrected chi connectivity index (χ3v) is 3.34. The van der Waals surface area contributed by atoms with Crippen molar-refractivity contribution in [2.75, 3.05) is 0 Å². The fourth-order valence-corrected chi connectivity index (χ4v) is 2.18. The fraction of sp³-hybridized carbons (Fsp3) is 0.500. The minimum Gasteiger partial charge on any atom is -0.481 e. The second-order valence-corrected chi connectivity index (χ2v) is 4.94. The van der Waals surface area contributed by atoms with Gasteiger partial charge in [0.05, 0.1) is 0 Å². The Labute approximate surface area is 114 Å². The molecule has 3 nitrogen and oxygen atoms in total. The van der Waals surface area contributed by atoms with Crippen LogP contribution in [0.25, 0.3) is 0 Å². The Morgan fingerprint density at radius 2 is 1.68 bits per heavy atom. The van der Waals surface area contributed by atoms with Gasteiger partial charge in [-0.05, 0) is 31.7 Å². The third-order valence-electron chi connectivity index (χ3n) is 3.34. The zero-order valence-corrected chi connectivity index (χ0v) is 11.5. The van der Waals surface area contributed by atoms with Crippen molar-refractivity contribution >= 4 is 11.8 Å². The van der Waals surface area contributed by atoms with Crippen LogP contribution in [0.15, 0.2) is 30.3 Å². The van der Waals surface area contributed by atoms with Gasteiger partial charge < -0.3 is 5.11 Å². The first-order valence-electron chi connectivity index (χ1n) is 6.88. The average molecular weight is 262 g/mol. The summed E-state index contributed by atoms with van der Waals surface area (Å²) in [6.07, 6.45) is 5.53. The number of carboxylic acid groups (broad SMARTS) is 1. The number of aryl methyl sites for hydroxylation is 1. The molecule has 19 heavy (non-hydrogen) atoms. The third kappa shape index (κ3) is 6.18. The molecule has 104 valence electrons. The second-order valence-electron chi connectivity index (χ2n) is 4.94. The highest BCUT2D eigenvalue weighted by molar-refractivity contribution is 5.96. The van der Waals surface area contributed by atoms with Crippen molar-refractivity contribution in [3.05, 3.63) is 35.9 Å². The average Bonchev–Trinajstić information content (AvgIpc) is 2.38. The summed E-state index contributed by atoms with van der Waals surface area (Å²) in [4.78, 5) is 21.9. The van der Waals surface area contributed by atoms with Gasteiger partial charge in [-0.15, -0.1) is 0 Å². The summed E-state index contributed by atoms with van der Waals surface area (Å²) in [5.41, 5.74) is 1.34. The first-order chi connectivity index (χ1) is 9.11. The van der Waals surface area contributed by atoms with Gasteiger partial charge in [0, 0.05) is 0 Å². The van der Waals surface area contributed by atoms with E-state index in [0.717, 1.165) is 32.1 Å². The summed E-state index contributed by atoms with van der Waals surface area (Å²) in [6, 6.07) is 10.3. The van der Waals surface area contributed by atoms with Crippen molar-refractivity contribution in [3.63, 3.8) is 0 Å². The van der Waals surface area contributed by atoms with Crippen LogP contribution in [0, 0.1) is 5.92 Å². The van der Waals surface area contributed by atoms with E-state index in [0.29, 0.717) is 6.42 Å². The van der Waals surface area contributed by atoms with Crippen molar-refractivity contribution in [2.45, 2.75) is 45.4 Å². The molecular formula is C16H22O3. The molecule has 1 rings (SSSR count). The van der Waals surface area contributed by atoms with Crippen LogP contribution < -0.4 is 0 Å². The molecular weight excluding hydrogens is 240 g/mol. The number of carbonyl (C=O) groups is 2. The number of hydrogen-bond acceptors (Lipinski definition) is 2. The van der Waals surface area contributed by atoms with Gasteiger partial charge in [-0.1, -0.05) is 49.6 Å². The van der Waals surface area contributed by atoms with Crippen molar-refractivity contribution in [1.29, 1.82) is 0 Å². The zero-order valence-electron chi connectivity index (χ0n) is 11.5. The number of carbonyl (C=O) groups excluding carboxylic acids is 1. The molecule has 3 heteroatoms. The first-order valence-corrected chi connectivity index (χ1v) is 6.88. The lowest BCUT2D eigenvalue weighted by Gasteiger charge is -2.08. The van der Waals surface area contributed by atoms with Gasteiger partial charge >= 0.3 is 5.97 Å². The predicted molar refractivity (Wildman–Crippen MR) is 75.0 cm³/mol. The van der Waals surface area contributed by atoms with Crippen LogP contribution in [0.5, 0.6) is 0 Å². The molecule has 0 aliphatic carbocycles. The van der Waals surface area contributed by atoms with E-state index >= 15 is 0 Å². The smallest absolute Gasteiger partial charge is 0.314 e. The van der Waals surface area contributed by atoms with Gasteiger partial charge in [-0.25, -0.2) is 0 Å². The highest BCUT2D eigenvalue weighted by atomic mass is 16.4. The number of unbranched alkanes of at least 4 members (excludes halogenated alkanes) is 3. The van der Waals surface area contributed by atoms with Gasteiger partial charge in [0.15, 0.2) is 0 Å². The molecule has 0 heterocycles. The van der Waals surface area contributed by atoms with E-state index in [1.54, 1.807) is 0 Å². The Kier molecular flexibility index (Phi) is 6.86. The lowest BCUT2D eigenvalue weighted by atomic mass is 9.97. The van der Waals surface area contributed by atoms with E-state index in [4.69, 9.17) is 5.11 Å². The number of carboxylic acids is 1. The zero-order chi connectivity index (χ0) is 14.1. The van der Waals surface area contributed by atoms with E-state index in [2.05, 4.69) is 12.1 Å². The van der Waals surface area contributed by atoms with Crippen molar-refractivity contribution < 1.29 is 14.7 Å². The number of ketones is 1. The summed E-state index contributed by atoms with van der Waals surface area (Å²) >= 11 is 0. The summed E-state index contributed by atoms with van der Waals surface area (Å²) < 4.78 is 0. The maximum Gasteiger partial charge on any atom is 0.314 e. The van der Waals surface area contributed by atoms with Gasteiger partial charge in [0.1, 0.15) is 11.7 Å². The molecule has 1 aromatic carbocycles. The van der Waals surface area contributed by atoms with Crippen LogP contribution in [-0.4, -0.2) is 16.9 Å². The van der Waals surface area contributed by atoms with E-state index in [1.165, 1.54) is 12.5 Å². The number of Topliss-reactive ketones (excluding diaryl/α,β-unsaturated/α-hetero) is 1. The number of hydrogen-bond donors (Lipinski definition) is 1. The monoisotopic (exact) mass is 262 g/mol. The molecule has 1 aromatic rings. The molecule has 0 bridgehead atoms. The molecule has 0 saturated carbocycles. The van der Waals surface area contributed by atoms with Crippen LogP contribution in [-0.2, 0) is 16.0 Å². The van der Waals surface area contributed by atoms with Crippen molar-refractivity contribution in [3.8, 4) is 0 Å². The predicted octanol–water partition coefficient (Wildman–Crippen LogP) is 3.47. The molecule has 0 aliphatic heterocycles. The maximum atomic E-state index is 11.1. The molecule has 0 saturated heterocycles. The Bertz CT molecular complexity index is 384. The molecule has 0 fully saturated rings. The first kappa shape index (κ1) is 15.4. The molecule has 0 aliphatic rings. The lowest BCUT2D eigenvalue weighted by Crippen LogP contribution is -2.21. The van der Waals surface area contributed by atoms with Crippen LogP contribution in [0.3, 0.4) is 0 Å². The highest BCUT2D eigenvalue weighted by Crippen LogP contribution is 2.13. The number of rotatable bonds is 9. The standard InChI is InChI=1S/C16H22O3/c1-13(17)15(16(18)19)12-8-3-2-5-9-14-10-6-4-7-11-14/h4,6-7,10-11,15H,2-3,5,8-9,12H2,1H3,(H,18,19).